The number of ether oxygens (including phenoxy) is 2. The second-order valence-electron chi connectivity index (χ2n) is 4.82. The molecule has 0 aromatic heterocycles. The minimum atomic E-state index is -0.398. The summed E-state index contributed by atoms with van der Waals surface area (Å²) in [4.78, 5) is 23.7. The molecule has 1 fully saturated rings. The zero-order valence-electron chi connectivity index (χ0n) is 12.6. The molecule has 1 saturated heterocycles. The van der Waals surface area contributed by atoms with Gasteiger partial charge in [-0.25, -0.2) is 0 Å². The highest BCUT2D eigenvalue weighted by Crippen LogP contribution is 2.38. The molecular weight excluding hydrogens is 388 g/mol. The van der Waals surface area contributed by atoms with Gasteiger partial charge in [-0.2, -0.15) is 0 Å². The molecular formula is C14H17BrN2O5S. The van der Waals surface area contributed by atoms with E-state index < -0.39 is 4.92 Å². The maximum Gasteiger partial charge on any atom is 0.293 e. The number of benzene rings is 1. The van der Waals surface area contributed by atoms with Crippen LogP contribution in [0.1, 0.15) is 6.92 Å². The molecule has 126 valence electrons. The average Bonchev–Trinajstić information content (AvgIpc) is 2.53. The zero-order valence-corrected chi connectivity index (χ0v) is 15.0. The molecule has 0 unspecified atom stereocenters. The Kier molecular flexibility index (Phi) is 6.67. The van der Waals surface area contributed by atoms with Crippen molar-refractivity contribution in [2.75, 3.05) is 43.6 Å². The summed E-state index contributed by atoms with van der Waals surface area (Å²) in [5, 5.41) is 11.3. The van der Waals surface area contributed by atoms with E-state index in [1.54, 1.807) is 6.07 Å². The SMILES string of the molecule is CC(=O)SCCOc1cc(N2CCOCC2)c([N+](=O)[O-])cc1Br. The van der Waals surface area contributed by atoms with E-state index in [1.807, 2.05) is 4.90 Å². The predicted molar refractivity (Wildman–Crippen MR) is 92.5 cm³/mol. The quantitative estimate of drug-likeness (QED) is 0.409. The van der Waals surface area contributed by atoms with Crippen molar-refractivity contribution < 1.29 is 19.2 Å². The molecule has 1 heterocycles. The lowest BCUT2D eigenvalue weighted by molar-refractivity contribution is -0.384. The van der Waals surface area contributed by atoms with Gasteiger partial charge in [-0.05, 0) is 15.9 Å². The Hall–Kier alpha value is -1.32. The number of halogens is 1. The van der Waals surface area contributed by atoms with Gasteiger partial charge >= 0.3 is 0 Å². The molecule has 0 bridgehead atoms. The Balaban J connectivity index is 2.18. The monoisotopic (exact) mass is 404 g/mol. The van der Waals surface area contributed by atoms with Crippen LogP contribution in [0.5, 0.6) is 5.75 Å². The third-order valence-corrected chi connectivity index (χ3v) is 4.62. The van der Waals surface area contributed by atoms with E-state index in [1.165, 1.54) is 24.8 Å². The highest BCUT2D eigenvalue weighted by atomic mass is 79.9. The van der Waals surface area contributed by atoms with Crippen LogP contribution in [0.4, 0.5) is 11.4 Å². The predicted octanol–water partition coefficient (Wildman–Crippen LogP) is 2.85. The van der Waals surface area contributed by atoms with E-state index in [-0.39, 0.29) is 10.8 Å². The van der Waals surface area contributed by atoms with E-state index in [9.17, 15) is 14.9 Å². The molecule has 9 heteroatoms. The normalized spacial score (nSPS) is 14.6. The highest BCUT2D eigenvalue weighted by Gasteiger charge is 2.24. The Bertz CT molecular complexity index is 593. The van der Waals surface area contributed by atoms with Crippen molar-refractivity contribution in [1.82, 2.24) is 0 Å². The summed E-state index contributed by atoms with van der Waals surface area (Å²) in [6, 6.07) is 3.13. The molecule has 23 heavy (non-hydrogen) atoms. The first-order valence-electron chi connectivity index (χ1n) is 7.06. The Morgan fingerprint density at radius 2 is 2.17 bits per heavy atom. The molecule has 1 aliphatic rings. The Morgan fingerprint density at radius 3 is 2.78 bits per heavy atom. The molecule has 0 spiro atoms. The maximum absolute atomic E-state index is 11.3. The first kappa shape index (κ1) is 18.0. The second kappa shape index (κ2) is 8.51. The van der Waals surface area contributed by atoms with Gasteiger partial charge in [0.25, 0.3) is 5.69 Å². The topological polar surface area (TPSA) is 81.9 Å². The minimum Gasteiger partial charge on any atom is -0.491 e. The van der Waals surface area contributed by atoms with Crippen LogP contribution < -0.4 is 9.64 Å². The first-order chi connectivity index (χ1) is 11.0. The largest absolute Gasteiger partial charge is 0.491 e. The Labute approximate surface area is 146 Å². The number of hydrogen-bond acceptors (Lipinski definition) is 7. The number of nitro benzene ring substituents is 1. The van der Waals surface area contributed by atoms with Gasteiger partial charge in [0.2, 0.25) is 0 Å². The van der Waals surface area contributed by atoms with Gasteiger partial charge in [-0.15, -0.1) is 0 Å². The molecule has 7 nitrogen and oxygen atoms in total. The fraction of sp³-hybridized carbons (Fsp3) is 0.500. The number of thioether (sulfide) groups is 1. The van der Waals surface area contributed by atoms with E-state index in [0.717, 1.165) is 0 Å². The lowest BCUT2D eigenvalue weighted by atomic mass is 10.2. The van der Waals surface area contributed by atoms with E-state index in [2.05, 4.69) is 15.9 Å². The number of morpholine rings is 1. The number of rotatable bonds is 6. The van der Waals surface area contributed by atoms with Crippen LogP contribution >= 0.6 is 27.7 Å². The molecule has 2 rings (SSSR count). The fourth-order valence-electron chi connectivity index (χ4n) is 2.18. The van der Waals surface area contributed by atoms with Gasteiger partial charge in [0.1, 0.15) is 11.4 Å². The van der Waals surface area contributed by atoms with Crippen LogP contribution in [0, 0.1) is 10.1 Å². The van der Waals surface area contributed by atoms with Crippen molar-refractivity contribution in [3.8, 4) is 5.75 Å². The third kappa shape index (κ3) is 5.08. The van der Waals surface area contributed by atoms with Gasteiger partial charge in [0.15, 0.2) is 5.12 Å². The van der Waals surface area contributed by atoms with E-state index in [0.29, 0.717) is 54.6 Å². The van der Waals surface area contributed by atoms with E-state index in [4.69, 9.17) is 9.47 Å². The zero-order chi connectivity index (χ0) is 16.8. The standard InChI is InChI=1S/C14H17BrN2O5S/c1-10(18)23-7-6-22-14-9-12(16-2-4-21-5-3-16)13(17(19)20)8-11(14)15/h8-9H,2-7H2,1H3. The summed E-state index contributed by atoms with van der Waals surface area (Å²) in [5.74, 6) is 1.06. The van der Waals surface area contributed by atoms with Gasteiger partial charge in [0.05, 0.1) is 29.2 Å². The first-order valence-corrected chi connectivity index (χ1v) is 8.83. The van der Waals surface area contributed by atoms with Crippen molar-refractivity contribution in [3.63, 3.8) is 0 Å². The van der Waals surface area contributed by atoms with Crippen molar-refractivity contribution in [1.29, 1.82) is 0 Å². The summed E-state index contributed by atoms with van der Waals surface area (Å²) >= 11 is 4.49. The number of carbonyl (C=O) groups is 1. The van der Waals surface area contributed by atoms with Crippen LogP contribution in [0.25, 0.3) is 0 Å². The average molecular weight is 405 g/mol. The number of anilines is 1. The van der Waals surface area contributed by atoms with Gasteiger partial charge < -0.3 is 14.4 Å². The smallest absolute Gasteiger partial charge is 0.293 e. The number of nitrogens with zero attached hydrogens (tertiary/aromatic N) is 2. The molecule has 0 aliphatic carbocycles. The molecule has 0 radical (unpaired) electrons. The van der Waals surface area contributed by atoms with Crippen molar-refractivity contribution in [3.05, 3.63) is 26.7 Å². The van der Waals surface area contributed by atoms with Crippen molar-refractivity contribution >= 4 is 44.2 Å². The van der Waals surface area contributed by atoms with Crippen LogP contribution in [0.15, 0.2) is 16.6 Å². The van der Waals surface area contributed by atoms with E-state index >= 15 is 0 Å². The molecule has 1 aromatic rings. The molecule has 0 N–H and O–H groups in total. The van der Waals surface area contributed by atoms with Crippen LogP contribution in [-0.2, 0) is 9.53 Å². The summed E-state index contributed by atoms with van der Waals surface area (Å²) < 4.78 is 11.5. The summed E-state index contributed by atoms with van der Waals surface area (Å²) in [5.41, 5.74) is 0.556. The lowest BCUT2D eigenvalue weighted by Crippen LogP contribution is -2.36. The van der Waals surface area contributed by atoms with Gasteiger partial charge in [0, 0.05) is 37.9 Å². The Morgan fingerprint density at radius 1 is 1.48 bits per heavy atom. The molecule has 0 atom stereocenters. The van der Waals surface area contributed by atoms with Crippen LogP contribution in [0.3, 0.4) is 0 Å². The third-order valence-electron chi connectivity index (χ3n) is 3.22. The summed E-state index contributed by atoms with van der Waals surface area (Å²) in [6.45, 7) is 4.13. The summed E-state index contributed by atoms with van der Waals surface area (Å²) in [7, 11) is 0. The van der Waals surface area contributed by atoms with Crippen molar-refractivity contribution in [2.45, 2.75) is 6.92 Å². The second-order valence-corrected chi connectivity index (χ2v) is 6.94. The molecule has 1 aliphatic heterocycles. The molecule has 0 saturated carbocycles. The number of carbonyl (C=O) groups excluding carboxylic acids is 1. The summed E-state index contributed by atoms with van der Waals surface area (Å²) in [6.07, 6.45) is 0. The maximum atomic E-state index is 11.3. The fourth-order valence-corrected chi connectivity index (χ4v) is 3.08. The molecule has 0 amide bonds. The van der Waals surface area contributed by atoms with Crippen molar-refractivity contribution in [2.24, 2.45) is 0 Å². The van der Waals surface area contributed by atoms with Crippen LogP contribution in [-0.4, -0.2) is 48.7 Å². The lowest BCUT2D eigenvalue weighted by Gasteiger charge is -2.28. The van der Waals surface area contributed by atoms with Gasteiger partial charge in [-0.3, -0.25) is 14.9 Å². The number of nitro groups is 1. The van der Waals surface area contributed by atoms with Gasteiger partial charge in [-0.1, -0.05) is 11.8 Å². The highest BCUT2D eigenvalue weighted by molar-refractivity contribution is 9.10. The minimum absolute atomic E-state index is 0.0317. The van der Waals surface area contributed by atoms with Crippen LogP contribution in [0.2, 0.25) is 0 Å². The number of hydrogen-bond donors (Lipinski definition) is 0. The molecule has 1 aromatic carbocycles.